The lowest BCUT2D eigenvalue weighted by Gasteiger charge is -2.02. The molecule has 33 heavy (non-hydrogen) atoms. The van der Waals surface area contributed by atoms with E-state index in [-0.39, 0.29) is 5.78 Å². The highest BCUT2D eigenvalue weighted by Crippen LogP contribution is 2.33. The molecule has 0 aliphatic rings. The molecule has 0 saturated heterocycles. The monoisotopic (exact) mass is 452 g/mol. The van der Waals surface area contributed by atoms with Gasteiger partial charge in [-0.05, 0) is 43.3 Å². The van der Waals surface area contributed by atoms with Crippen LogP contribution in [0.4, 0.5) is 5.69 Å². The molecule has 6 aromatic rings. The number of H-pyrrole nitrogens is 2. The molecule has 0 aliphatic carbocycles. The number of nitrogens with one attached hydrogen (secondary N) is 2. The number of Topliss-reactive ketones (excluding diaryl/α,β-unsaturated/α-hetero) is 1. The second-order valence-electron chi connectivity index (χ2n) is 7.53. The number of imidazole rings is 1. The van der Waals surface area contributed by atoms with E-state index in [0.29, 0.717) is 38.8 Å². The molecule has 0 aliphatic heterocycles. The number of nitrogens with zero attached hydrogens (tertiary/aromatic N) is 5. The Hall–Kier alpha value is -4.44. The summed E-state index contributed by atoms with van der Waals surface area (Å²) in [7, 11) is 0. The number of thiophene rings is 1. The van der Waals surface area contributed by atoms with Crippen molar-refractivity contribution >= 4 is 44.9 Å². The maximum Gasteiger partial charge on any atom is 0.169 e. The lowest BCUT2D eigenvalue weighted by Crippen LogP contribution is -1.90. The molecule has 0 radical (unpaired) electrons. The van der Waals surface area contributed by atoms with Crippen molar-refractivity contribution in [1.29, 1.82) is 0 Å². The Morgan fingerprint density at radius 2 is 1.88 bits per heavy atom. The van der Waals surface area contributed by atoms with Gasteiger partial charge in [0, 0.05) is 24.2 Å². The lowest BCUT2D eigenvalue weighted by atomic mass is 10.1. The summed E-state index contributed by atoms with van der Waals surface area (Å²) in [6, 6.07) is 11.2. The third-order valence-corrected chi connectivity index (χ3v) is 6.47. The predicted molar refractivity (Wildman–Crippen MR) is 128 cm³/mol. The quantitative estimate of drug-likeness (QED) is 0.335. The number of aromatic amines is 2. The molecule has 6 rings (SSSR count). The minimum atomic E-state index is 0.0291. The molecule has 4 N–H and O–H groups in total. The average Bonchev–Trinajstić information content (AvgIpc) is 3.55. The van der Waals surface area contributed by atoms with E-state index in [1.807, 2.05) is 36.4 Å². The van der Waals surface area contributed by atoms with Gasteiger partial charge in [-0.25, -0.2) is 9.97 Å². The molecule has 160 valence electrons. The lowest BCUT2D eigenvalue weighted by molar-refractivity contribution is 0.102. The maximum absolute atomic E-state index is 11.7. The van der Waals surface area contributed by atoms with Gasteiger partial charge in [0.2, 0.25) is 0 Å². The Bertz CT molecular complexity index is 1680. The zero-order chi connectivity index (χ0) is 22.5. The standard InChI is InChI=1S/C23H16N8OS/c1-11(32)17-4-5-18(33-17)21-19-15(6-7-26-21)28-23(29-19)22-20-16(30-31-22)3-2-14(27-20)12-8-13(24)10-25-9-12/h2-10H,24H2,1H3,(H,28,29)(H,30,31). The zero-order valence-corrected chi connectivity index (χ0v) is 18.1. The molecule has 0 aromatic carbocycles. The number of pyridine rings is 3. The summed E-state index contributed by atoms with van der Waals surface area (Å²) in [5.74, 6) is 0.602. The maximum atomic E-state index is 11.7. The van der Waals surface area contributed by atoms with Crippen molar-refractivity contribution in [2.75, 3.05) is 5.73 Å². The number of hydrogen-bond donors (Lipinski definition) is 3. The second kappa shape index (κ2) is 7.31. The number of ketones is 1. The molecule has 0 saturated carbocycles. The molecular formula is C23H16N8OS. The molecule has 6 heterocycles. The van der Waals surface area contributed by atoms with Crippen molar-refractivity contribution in [2.45, 2.75) is 6.92 Å². The topological polar surface area (TPSA) is 139 Å². The molecule has 0 unspecified atom stereocenters. The van der Waals surface area contributed by atoms with Gasteiger partial charge in [-0.1, -0.05) is 0 Å². The van der Waals surface area contributed by atoms with Gasteiger partial charge >= 0.3 is 0 Å². The van der Waals surface area contributed by atoms with Crippen molar-refractivity contribution in [3.05, 3.63) is 59.9 Å². The van der Waals surface area contributed by atoms with Gasteiger partial charge < -0.3 is 10.7 Å². The Balaban J connectivity index is 1.48. The van der Waals surface area contributed by atoms with E-state index < -0.39 is 0 Å². The number of anilines is 1. The first-order valence-electron chi connectivity index (χ1n) is 10.1. The predicted octanol–water partition coefficient (Wildman–Crippen LogP) is 4.47. The summed E-state index contributed by atoms with van der Waals surface area (Å²) >= 11 is 1.40. The van der Waals surface area contributed by atoms with E-state index in [1.54, 1.807) is 25.5 Å². The SMILES string of the molecule is CC(=O)c1ccc(-c2nccc3[nH]c(-c4n[nH]c5ccc(-c6cncc(N)c6)nc45)nc23)s1. The number of fused-ring (bicyclic) bond motifs is 2. The summed E-state index contributed by atoms with van der Waals surface area (Å²) in [6.07, 6.45) is 5.04. The fraction of sp³-hybridized carbons (Fsp3) is 0.0435. The number of rotatable bonds is 4. The Morgan fingerprint density at radius 1 is 1.00 bits per heavy atom. The highest BCUT2D eigenvalue weighted by atomic mass is 32.1. The van der Waals surface area contributed by atoms with Crippen LogP contribution in [-0.4, -0.2) is 40.9 Å². The zero-order valence-electron chi connectivity index (χ0n) is 17.3. The van der Waals surface area contributed by atoms with Crippen molar-refractivity contribution < 1.29 is 4.79 Å². The van der Waals surface area contributed by atoms with Crippen LogP contribution in [-0.2, 0) is 0 Å². The van der Waals surface area contributed by atoms with Gasteiger partial charge in [0.05, 0.1) is 32.2 Å². The van der Waals surface area contributed by atoms with Crippen molar-refractivity contribution in [2.24, 2.45) is 0 Å². The minimum Gasteiger partial charge on any atom is -0.397 e. The third kappa shape index (κ3) is 3.24. The van der Waals surface area contributed by atoms with Gasteiger partial charge in [0.25, 0.3) is 0 Å². The smallest absolute Gasteiger partial charge is 0.169 e. The van der Waals surface area contributed by atoms with Gasteiger partial charge in [0.1, 0.15) is 16.7 Å². The number of carbonyl (C=O) groups is 1. The summed E-state index contributed by atoms with van der Waals surface area (Å²) in [5.41, 5.74) is 12.3. The average molecular weight is 453 g/mol. The molecule has 6 aromatic heterocycles. The van der Waals surface area contributed by atoms with Crippen molar-refractivity contribution in [3.63, 3.8) is 0 Å². The summed E-state index contributed by atoms with van der Waals surface area (Å²) in [5, 5.41) is 7.48. The first kappa shape index (κ1) is 19.3. The van der Waals surface area contributed by atoms with Crippen LogP contribution in [0, 0.1) is 0 Å². The van der Waals surface area contributed by atoms with Crippen LogP contribution in [0.15, 0.2) is 55.0 Å². The normalized spacial score (nSPS) is 11.4. The van der Waals surface area contributed by atoms with E-state index in [4.69, 9.17) is 15.7 Å². The first-order chi connectivity index (χ1) is 16.1. The molecule has 10 heteroatoms. The number of carbonyl (C=O) groups excluding carboxylic acids is 1. The molecule has 0 spiro atoms. The van der Waals surface area contributed by atoms with Crippen molar-refractivity contribution in [3.8, 4) is 33.3 Å². The van der Waals surface area contributed by atoms with Crippen LogP contribution in [0.2, 0.25) is 0 Å². The fourth-order valence-electron chi connectivity index (χ4n) is 3.70. The van der Waals surface area contributed by atoms with Crippen molar-refractivity contribution in [1.82, 2.24) is 35.1 Å². The highest BCUT2D eigenvalue weighted by molar-refractivity contribution is 7.17. The van der Waals surface area contributed by atoms with E-state index in [2.05, 4.69) is 25.1 Å². The van der Waals surface area contributed by atoms with Gasteiger partial charge in [-0.3, -0.25) is 19.9 Å². The first-order valence-corrected chi connectivity index (χ1v) is 10.9. The molecule has 9 nitrogen and oxygen atoms in total. The van der Waals surface area contributed by atoms with Crippen LogP contribution < -0.4 is 5.73 Å². The Kier molecular flexibility index (Phi) is 4.27. The number of nitrogens with two attached hydrogens (primary N) is 1. The molecule has 0 atom stereocenters. The summed E-state index contributed by atoms with van der Waals surface area (Å²) in [6.45, 7) is 1.56. The highest BCUT2D eigenvalue weighted by Gasteiger charge is 2.18. The van der Waals surface area contributed by atoms with Crippen LogP contribution in [0.5, 0.6) is 0 Å². The van der Waals surface area contributed by atoms with E-state index >= 15 is 0 Å². The van der Waals surface area contributed by atoms with Crippen LogP contribution >= 0.6 is 11.3 Å². The second-order valence-corrected chi connectivity index (χ2v) is 8.62. The molecular weight excluding hydrogens is 436 g/mol. The number of nitrogen functional groups attached to an aromatic ring is 1. The fourth-order valence-corrected chi connectivity index (χ4v) is 4.60. The number of aromatic nitrogens is 7. The largest absolute Gasteiger partial charge is 0.397 e. The van der Waals surface area contributed by atoms with E-state index in [9.17, 15) is 4.79 Å². The Labute approximate surface area is 190 Å². The summed E-state index contributed by atoms with van der Waals surface area (Å²) in [4.78, 5) is 34.9. The third-order valence-electron chi connectivity index (χ3n) is 5.27. The molecule has 0 fully saturated rings. The van der Waals surface area contributed by atoms with Gasteiger partial charge in [-0.2, -0.15) is 5.10 Å². The van der Waals surface area contributed by atoms with Crippen LogP contribution in [0.3, 0.4) is 0 Å². The Morgan fingerprint density at radius 3 is 2.70 bits per heavy atom. The molecule has 0 amide bonds. The van der Waals surface area contributed by atoms with Crippen LogP contribution in [0.25, 0.3) is 55.4 Å². The van der Waals surface area contributed by atoms with Gasteiger partial charge in [-0.15, -0.1) is 11.3 Å². The number of hydrogen-bond acceptors (Lipinski definition) is 8. The molecule has 0 bridgehead atoms. The van der Waals surface area contributed by atoms with E-state index in [0.717, 1.165) is 27.2 Å². The minimum absolute atomic E-state index is 0.0291. The van der Waals surface area contributed by atoms with E-state index in [1.165, 1.54) is 11.3 Å². The van der Waals surface area contributed by atoms with Gasteiger partial charge in [0.15, 0.2) is 17.3 Å². The van der Waals surface area contributed by atoms with Crippen LogP contribution in [0.1, 0.15) is 16.6 Å². The summed E-state index contributed by atoms with van der Waals surface area (Å²) < 4.78 is 0.